The summed E-state index contributed by atoms with van der Waals surface area (Å²) in [6.07, 6.45) is 1.55. The third-order valence-corrected chi connectivity index (χ3v) is 5.70. The number of hydrogen-bond acceptors (Lipinski definition) is 7. The molecule has 3 rings (SSSR count). The summed E-state index contributed by atoms with van der Waals surface area (Å²) in [5, 5.41) is 11.1. The summed E-state index contributed by atoms with van der Waals surface area (Å²) in [5.41, 5.74) is 1.19. The fraction of sp³-hybridized carbons (Fsp3) is 0.118. The summed E-state index contributed by atoms with van der Waals surface area (Å²) in [4.78, 5) is 42.5. The molecular formula is C17H13N3O4S3. The van der Waals surface area contributed by atoms with E-state index in [0.29, 0.717) is 21.4 Å². The summed E-state index contributed by atoms with van der Waals surface area (Å²) in [6.45, 7) is 0.974. The van der Waals surface area contributed by atoms with Crippen molar-refractivity contribution < 1.29 is 19.5 Å². The molecule has 2 aromatic rings. The lowest BCUT2D eigenvalue weighted by Gasteiger charge is -2.17. The Morgan fingerprint density at radius 2 is 2.04 bits per heavy atom. The van der Waals surface area contributed by atoms with E-state index in [1.54, 1.807) is 23.6 Å². The third-order valence-electron chi connectivity index (χ3n) is 3.48. The summed E-state index contributed by atoms with van der Waals surface area (Å²) in [5.74, 6) is -1.79. The van der Waals surface area contributed by atoms with Gasteiger partial charge in [-0.25, -0.2) is 4.98 Å². The van der Waals surface area contributed by atoms with Crippen molar-refractivity contribution in [2.24, 2.45) is 0 Å². The number of anilines is 2. The summed E-state index contributed by atoms with van der Waals surface area (Å²) >= 11 is 7.36. The Labute approximate surface area is 168 Å². The maximum Gasteiger partial charge on any atom is 0.323 e. The molecule has 138 valence electrons. The van der Waals surface area contributed by atoms with Crippen molar-refractivity contribution in [2.75, 3.05) is 11.4 Å². The van der Waals surface area contributed by atoms with Gasteiger partial charge in [0.25, 0.3) is 5.91 Å². The van der Waals surface area contributed by atoms with Crippen molar-refractivity contribution in [3.8, 4) is 0 Å². The van der Waals surface area contributed by atoms with Crippen molar-refractivity contribution in [3.63, 3.8) is 0 Å². The van der Waals surface area contributed by atoms with Crippen LogP contribution in [0.15, 0.2) is 40.6 Å². The van der Waals surface area contributed by atoms with Crippen LogP contribution in [0, 0.1) is 0 Å². The number of thiocarbonyl (C=S) groups is 1. The molecule has 1 aromatic heterocycles. The summed E-state index contributed by atoms with van der Waals surface area (Å²) in [7, 11) is 0. The van der Waals surface area contributed by atoms with Crippen LogP contribution in [0.4, 0.5) is 10.8 Å². The van der Waals surface area contributed by atoms with E-state index in [1.807, 2.05) is 18.2 Å². The smallest absolute Gasteiger partial charge is 0.323 e. The third kappa shape index (κ3) is 4.24. The number of rotatable bonds is 5. The molecule has 1 aliphatic rings. The van der Waals surface area contributed by atoms with Gasteiger partial charge in [0, 0.05) is 12.3 Å². The second kappa shape index (κ2) is 7.99. The van der Waals surface area contributed by atoms with Crippen molar-refractivity contribution in [3.05, 3.63) is 46.3 Å². The molecule has 0 unspecified atom stereocenters. The van der Waals surface area contributed by atoms with E-state index in [9.17, 15) is 14.4 Å². The number of carbonyl (C=O) groups excluding carboxylic acids is 2. The Morgan fingerprint density at radius 1 is 1.33 bits per heavy atom. The quantitative estimate of drug-likeness (QED) is 0.588. The number of thioether (sulfide) groups is 1. The van der Waals surface area contributed by atoms with Gasteiger partial charge in [0.15, 0.2) is 5.13 Å². The van der Waals surface area contributed by atoms with E-state index in [2.05, 4.69) is 4.98 Å². The van der Waals surface area contributed by atoms with E-state index >= 15 is 0 Å². The van der Waals surface area contributed by atoms with Crippen LogP contribution in [-0.2, 0) is 14.4 Å². The number of benzene rings is 1. The molecule has 0 saturated carbocycles. The van der Waals surface area contributed by atoms with E-state index in [1.165, 1.54) is 23.2 Å². The highest BCUT2D eigenvalue weighted by Crippen LogP contribution is 2.34. The lowest BCUT2D eigenvalue weighted by molar-refractivity contribution is -0.140. The minimum Gasteiger partial charge on any atom is -0.480 e. The molecule has 7 nitrogen and oxygen atoms in total. The molecule has 0 spiro atoms. The van der Waals surface area contributed by atoms with Gasteiger partial charge in [-0.15, -0.1) is 11.3 Å². The van der Waals surface area contributed by atoms with Crippen molar-refractivity contribution in [1.82, 2.24) is 9.88 Å². The average Bonchev–Trinajstić information content (AvgIpc) is 3.16. The zero-order valence-electron chi connectivity index (χ0n) is 14.0. The van der Waals surface area contributed by atoms with Crippen molar-refractivity contribution >= 4 is 74.3 Å². The first kappa shape index (κ1) is 19.2. The first-order valence-corrected chi connectivity index (χ1v) is 9.75. The van der Waals surface area contributed by atoms with Gasteiger partial charge >= 0.3 is 5.97 Å². The Kier molecular flexibility index (Phi) is 5.68. The highest BCUT2D eigenvalue weighted by atomic mass is 32.2. The Bertz CT molecular complexity index is 955. The van der Waals surface area contributed by atoms with Crippen LogP contribution >= 0.6 is 35.3 Å². The average molecular weight is 420 g/mol. The minimum absolute atomic E-state index is 0.185. The summed E-state index contributed by atoms with van der Waals surface area (Å²) < 4.78 is 0.193. The molecular weight excluding hydrogens is 406 g/mol. The monoisotopic (exact) mass is 419 g/mol. The molecule has 2 heterocycles. The number of thiazole rings is 1. The van der Waals surface area contributed by atoms with E-state index in [0.717, 1.165) is 16.7 Å². The molecule has 10 heteroatoms. The zero-order valence-corrected chi connectivity index (χ0v) is 16.4. The normalized spacial score (nSPS) is 15.4. The van der Waals surface area contributed by atoms with Crippen molar-refractivity contribution in [2.45, 2.75) is 6.92 Å². The van der Waals surface area contributed by atoms with Gasteiger partial charge in [0.05, 0.1) is 16.3 Å². The SMILES string of the molecule is CC(=O)N(c1ccccc1)c1nc(/C=C2\SC(=S)N(CC(=O)O)C2=O)cs1. The van der Waals surface area contributed by atoms with Crippen LogP contribution < -0.4 is 4.90 Å². The second-order valence-electron chi connectivity index (χ2n) is 5.41. The van der Waals surface area contributed by atoms with Gasteiger partial charge in [-0.3, -0.25) is 24.2 Å². The predicted octanol–water partition coefficient (Wildman–Crippen LogP) is 3.11. The van der Waals surface area contributed by atoms with Gasteiger partial charge in [-0.2, -0.15) is 0 Å². The van der Waals surface area contributed by atoms with Gasteiger partial charge in [0.1, 0.15) is 10.9 Å². The highest BCUT2D eigenvalue weighted by molar-refractivity contribution is 8.26. The minimum atomic E-state index is -1.14. The van der Waals surface area contributed by atoms with Gasteiger partial charge < -0.3 is 5.11 Å². The number of carbonyl (C=O) groups is 3. The van der Waals surface area contributed by atoms with Gasteiger partial charge in [-0.05, 0) is 18.2 Å². The number of para-hydroxylation sites is 1. The number of aliphatic carboxylic acids is 1. The number of nitrogens with zero attached hydrogens (tertiary/aromatic N) is 3. The fourth-order valence-electron chi connectivity index (χ4n) is 2.36. The van der Waals surface area contributed by atoms with Gasteiger partial charge in [0.2, 0.25) is 5.91 Å². The lowest BCUT2D eigenvalue weighted by Crippen LogP contribution is -2.33. The Balaban J connectivity index is 1.86. The maximum absolute atomic E-state index is 12.3. The standard InChI is InChI=1S/C17H13N3O4S3/c1-10(21)20(12-5-3-2-4-6-12)16-18-11(9-26-16)7-13-15(24)19(8-14(22)23)17(25)27-13/h2-7,9H,8H2,1H3,(H,22,23)/b13-7-. The molecule has 1 aromatic carbocycles. The van der Waals surface area contributed by atoms with Gasteiger partial charge in [-0.1, -0.05) is 42.2 Å². The van der Waals surface area contributed by atoms with Crippen LogP contribution in [-0.4, -0.2) is 43.6 Å². The Morgan fingerprint density at radius 3 is 2.67 bits per heavy atom. The molecule has 1 aliphatic heterocycles. The zero-order chi connectivity index (χ0) is 19.6. The highest BCUT2D eigenvalue weighted by Gasteiger charge is 2.33. The topological polar surface area (TPSA) is 90.8 Å². The molecule has 0 bridgehead atoms. The van der Waals surface area contributed by atoms with Crippen molar-refractivity contribution in [1.29, 1.82) is 0 Å². The van der Waals surface area contributed by atoms with Crippen LogP contribution in [0.25, 0.3) is 6.08 Å². The maximum atomic E-state index is 12.3. The van der Waals surface area contributed by atoms with Crippen LogP contribution in [0.5, 0.6) is 0 Å². The fourth-order valence-corrected chi connectivity index (χ4v) is 4.44. The first-order chi connectivity index (χ1) is 12.9. The Hall–Kier alpha value is -2.56. The van der Waals surface area contributed by atoms with E-state index < -0.39 is 18.4 Å². The molecule has 2 amide bonds. The molecule has 1 fully saturated rings. The molecule has 0 aliphatic carbocycles. The predicted molar refractivity (Wildman–Crippen MR) is 109 cm³/mol. The molecule has 27 heavy (non-hydrogen) atoms. The number of carboxylic acids is 1. The molecule has 0 atom stereocenters. The lowest BCUT2D eigenvalue weighted by atomic mass is 10.3. The van der Waals surface area contributed by atoms with Crippen LogP contribution in [0.3, 0.4) is 0 Å². The second-order valence-corrected chi connectivity index (χ2v) is 7.92. The number of aromatic nitrogens is 1. The molecule has 1 saturated heterocycles. The van der Waals surface area contributed by atoms with E-state index in [4.69, 9.17) is 17.3 Å². The first-order valence-electron chi connectivity index (χ1n) is 7.65. The number of carboxylic acid groups (broad SMARTS) is 1. The largest absolute Gasteiger partial charge is 0.480 e. The number of amides is 2. The van der Waals surface area contributed by atoms with Crippen LogP contribution in [0.2, 0.25) is 0 Å². The summed E-state index contributed by atoms with van der Waals surface area (Å²) in [6, 6.07) is 9.12. The molecule has 0 radical (unpaired) electrons. The molecule has 1 N–H and O–H groups in total. The van der Waals surface area contributed by atoms with E-state index in [-0.39, 0.29) is 10.2 Å². The van der Waals surface area contributed by atoms with Crippen LogP contribution in [0.1, 0.15) is 12.6 Å². The number of hydrogen-bond donors (Lipinski definition) is 1.